The third-order valence-corrected chi connectivity index (χ3v) is 5.44. The van der Waals surface area contributed by atoms with E-state index < -0.39 is 5.60 Å². The molecule has 0 aromatic heterocycles. The van der Waals surface area contributed by atoms with Gasteiger partial charge in [0.2, 0.25) is 0 Å². The Hall–Kier alpha value is -1.06. The van der Waals surface area contributed by atoms with Crippen LogP contribution in [0.25, 0.3) is 0 Å². The molecular weight excluding hydrogens is 262 g/mol. The molecule has 3 N–H and O–H groups in total. The highest BCUT2D eigenvalue weighted by Gasteiger charge is 2.40. The number of ether oxygens (including phenoxy) is 1. The number of phenolic OH excluding ortho intramolecular Hbond substituents is 1. The molecule has 0 spiro atoms. The molecule has 1 fully saturated rings. The Kier molecular flexibility index (Phi) is 3.98. The lowest BCUT2D eigenvalue weighted by atomic mass is 9.77. The van der Waals surface area contributed by atoms with E-state index in [1.165, 1.54) is 32.1 Å². The maximum absolute atomic E-state index is 10.5. The molecule has 2 unspecified atom stereocenters. The summed E-state index contributed by atoms with van der Waals surface area (Å²) >= 11 is 0. The zero-order valence-electron chi connectivity index (χ0n) is 13.2. The number of hydrogen-bond donors (Lipinski definition) is 2. The molecule has 0 radical (unpaired) electrons. The van der Waals surface area contributed by atoms with Crippen LogP contribution in [0, 0.1) is 12.8 Å². The van der Waals surface area contributed by atoms with Gasteiger partial charge in [-0.05, 0) is 43.7 Å². The number of hydrogen-bond acceptors (Lipinski definition) is 3. The number of nitrogens with two attached hydrogens (primary N) is 1. The van der Waals surface area contributed by atoms with Crippen molar-refractivity contribution in [1.29, 1.82) is 0 Å². The Labute approximate surface area is 127 Å². The molecular formula is C18H27NO2. The third kappa shape index (κ3) is 2.58. The Balaban J connectivity index is 1.97. The number of aromatic hydroxyl groups is 1. The predicted molar refractivity (Wildman–Crippen MR) is 84.4 cm³/mol. The van der Waals surface area contributed by atoms with Gasteiger partial charge in [0.15, 0.2) is 0 Å². The van der Waals surface area contributed by atoms with Gasteiger partial charge in [-0.25, -0.2) is 0 Å². The Morgan fingerprint density at radius 1 is 1.29 bits per heavy atom. The maximum Gasteiger partial charge on any atom is 0.122 e. The van der Waals surface area contributed by atoms with Crippen LogP contribution in [0.4, 0.5) is 0 Å². The van der Waals surface area contributed by atoms with Crippen molar-refractivity contribution in [1.82, 2.24) is 0 Å². The summed E-state index contributed by atoms with van der Waals surface area (Å²) in [6.07, 6.45) is 7.45. The molecule has 1 saturated carbocycles. The molecule has 0 saturated heterocycles. The molecule has 21 heavy (non-hydrogen) atoms. The molecule has 1 aromatic rings. The molecule has 3 rings (SSSR count). The molecule has 1 heterocycles. The van der Waals surface area contributed by atoms with E-state index in [9.17, 15) is 5.11 Å². The summed E-state index contributed by atoms with van der Waals surface area (Å²) < 4.78 is 6.45. The zero-order valence-corrected chi connectivity index (χ0v) is 13.2. The van der Waals surface area contributed by atoms with Crippen LogP contribution in [0.1, 0.15) is 55.7 Å². The van der Waals surface area contributed by atoms with E-state index in [1.54, 1.807) is 0 Å². The summed E-state index contributed by atoms with van der Waals surface area (Å²) in [4.78, 5) is 0. The Morgan fingerprint density at radius 2 is 2.00 bits per heavy atom. The minimum absolute atomic E-state index is 0.194. The van der Waals surface area contributed by atoms with E-state index in [0.717, 1.165) is 23.1 Å². The standard InChI is InChI=1S/C18H27NO2/c1-12-8-9-15-14(17(12)20)10-16(21-18(15,2)11-19)13-6-4-3-5-7-13/h8-9,13,16,20H,3-7,10-11,19H2,1-2H3. The van der Waals surface area contributed by atoms with Gasteiger partial charge < -0.3 is 15.6 Å². The van der Waals surface area contributed by atoms with Gasteiger partial charge in [0.05, 0.1) is 6.10 Å². The minimum Gasteiger partial charge on any atom is -0.507 e. The van der Waals surface area contributed by atoms with E-state index >= 15 is 0 Å². The van der Waals surface area contributed by atoms with Crippen LogP contribution in [-0.4, -0.2) is 17.8 Å². The molecule has 1 aromatic carbocycles. The van der Waals surface area contributed by atoms with Gasteiger partial charge in [-0.1, -0.05) is 31.4 Å². The molecule has 116 valence electrons. The Morgan fingerprint density at radius 3 is 2.67 bits per heavy atom. The van der Waals surface area contributed by atoms with Crippen molar-refractivity contribution in [3.63, 3.8) is 0 Å². The van der Waals surface area contributed by atoms with Gasteiger partial charge in [-0.3, -0.25) is 0 Å². The SMILES string of the molecule is Cc1ccc2c(c1O)CC(C1CCCCC1)OC2(C)CN. The molecule has 0 amide bonds. The van der Waals surface area contributed by atoms with Crippen LogP contribution < -0.4 is 5.73 Å². The maximum atomic E-state index is 10.5. The second-order valence-corrected chi connectivity index (χ2v) is 6.95. The van der Waals surface area contributed by atoms with Crippen LogP contribution in [0.15, 0.2) is 12.1 Å². The first-order valence-electron chi connectivity index (χ1n) is 8.25. The number of phenols is 1. The molecule has 2 atom stereocenters. The fourth-order valence-corrected chi connectivity index (χ4v) is 4.02. The van der Waals surface area contributed by atoms with E-state index in [-0.39, 0.29) is 6.10 Å². The van der Waals surface area contributed by atoms with Crippen LogP contribution in [0.5, 0.6) is 5.75 Å². The monoisotopic (exact) mass is 289 g/mol. The lowest BCUT2D eigenvalue weighted by molar-refractivity contribution is -0.121. The van der Waals surface area contributed by atoms with E-state index in [1.807, 2.05) is 13.0 Å². The average Bonchev–Trinajstić information content (AvgIpc) is 2.52. The highest BCUT2D eigenvalue weighted by atomic mass is 16.5. The number of rotatable bonds is 2. The number of aryl methyl sites for hydroxylation is 1. The summed E-state index contributed by atoms with van der Waals surface area (Å²) in [5.74, 6) is 1.05. The van der Waals surface area contributed by atoms with Crippen molar-refractivity contribution in [2.75, 3.05) is 6.54 Å². The summed E-state index contributed by atoms with van der Waals surface area (Å²) in [6.45, 7) is 4.47. The molecule has 0 bridgehead atoms. The summed E-state index contributed by atoms with van der Waals surface area (Å²) in [7, 11) is 0. The van der Waals surface area contributed by atoms with Crippen molar-refractivity contribution >= 4 is 0 Å². The normalized spacial score (nSPS) is 30.1. The topological polar surface area (TPSA) is 55.5 Å². The van der Waals surface area contributed by atoms with Gasteiger partial charge in [-0.2, -0.15) is 0 Å². The molecule has 2 aliphatic rings. The van der Waals surface area contributed by atoms with Crippen molar-refractivity contribution in [2.45, 2.75) is 64.1 Å². The smallest absolute Gasteiger partial charge is 0.122 e. The Bertz CT molecular complexity index is 522. The zero-order chi connectivity index (χ0) is 15.0. The van der Waals surface area contributed by atoms with Gasteiger partial charge in [0.1, 0.15) is 11.4 Å². The number of benzene rings is 1. The minimum atomic E-state index is -0.471. The third-order valence-electron chi connectivity index (χ3n) is 5.44. The van der Waals surface area contributed by atoms with Crippen LogP contribution in [0.2, 0.25) is 0 Å². The van der Waals surface area contributed by atoms with Gasteiger partial charge in [0.25, 0.3) is 0 Å². The fourth-order valence-electron chi connectivity index (χ4n) is 4.02. The molecule has 3 heteroatoms. The summed E-state index contributed by atoms with van der Waals surface area (Å²) in [5, 5.41) is 10.5. The molecule has 1 aliphatic heterocycles. The van der Waals surface area contributed by atoms with Gasteiger partial charge >= 0.3 is 0 Å². The largest absolute Gasteiger partial charge is 0.507 e. The predicted octanol–water partition coefficient (Wildman–Crippen LogP) is 3.40. The fraction of sp³-hybridized carbons (Fsp3) is 0.667. The van der Waals surface area contributed by atoms with Crippen molar-refractivity contribution in [3.8, 4) is 5.75 Å². The lowest BCUT2D eigenvalue weighted by Crippen LogP contribution is -2.46. The second-order valence-electron chi connectivity index (χ2n) is 6.95. The van der Waals surface area contributed by atoms with Crippen LogP contribution in [-0.2, 0) is 16.8 Å². The van der Waals surface area contributed by atoms with Crippen molar-refractivity contribution in [3.05, 3.63) is 28.8 Å². The highest BCUT2D eigenvalue weighted by Crippen LogP contribution is 2.43. The first kappa shape index (κ1) is 14.9. The van der Waals surface area contributed by atoms with E-state index in [0.29, 0.717) is 18.2 Å². The van der Waals surface area contributed by atoms with Crippen molar-refractivity contribution < 1.29 is 9.84 Å². The quantitative estimate of drug-likeness (QED) is 0.877. The lowest BCUT2D eigenvalue weighted by Gasteiger charge is -2.43. The average molecular weight is 289 g/mol. The molecule has 3 nitrogen and oxygen atoms in total. The second kappa shape index (κ2) is 5.62. The first-order chi connectivity index (χ1) is 10.0. The van der Waals surface area contributed by atoms with Crippen LogP contribution >= 0.6 is 0 Å². The van der Waals surface area contributed by atoms with Gasteiger partial charge in [0, 0.05) is 18.5 Å². The number of fused-ring (bicyclic) bond motifs is 1. The first-order valence-corrected chi connectivity index (χ1v) is 8.25. The summed E-state index contributed by atoms with van der Waals surface area (Å²) in [6, 6.07) is 4.04. The van der Waals surface area contributed by atoms with Crippen LogP contribution in [0.3, 0.4) is 0 Å². The highest BCUT2D eigenvalue weighted by molar-refractivity contribution is 5.49. The molecule has 1 aliphatic carbocycles. The summed E-state index contributed by atoms with van der Waals surface area (Å²) in [5.41, 5.74) is 8.63. The van der Waals surface area contributed by atoms with Crippen molar-refractivity contribution in [2.24, 2.45) is 11.7 Å². The van der Waals surface area contributed by atoms with Gasteiger partial charge in [-0.15, -0.1) is 0 Å². The van der Waals surface area contributed by atoms with E-state index in [2.05, 4.69) is 13.0 Å². The van der Waals surface area contributed by atoms with E-state index in [4.69, 9.17) is 10.5 Å².